The molecule has 18 heavy (non-hydrogen) atoms. The van der Waals surface area contributed by atoms with Crippen molar-refractivity contribution in [1.82, 2.24) is 10.2 Å². The lowest BCUT2D eigenvalue weighted by atomic mass is 9.90. The van der Waals surface area contributed by atoms with Crippen LogP contribution in [-0.4, -0.2) is 22.9 Å². The van der Waals surface area contributed by atoms with E-state index in [1.165, 1.54) is 6.42 Å². The summed E-state index contributed by atoms with van der Waals surface area (Å²) in [5.41, 5.74) is 1.11. The summed E-state index contributed by atoms with van der Waals surface area (Å²) >= 11 is 5.91. The van der Waals surface area contributed by atoms with E-state index < -0.39 is 0 Å². The summed E-state index contributed by atoms with van der Waals surface area (Å²) in [4.78, 5) is 14.3. The lowest BCUT2D eigenvalue weighted by molar-refractivity contribution is -0.133. The summed E-state index contributed by atoms with van der Waals surface area (Å²) in [7, 11) is 0. The van der Waals surface area contributed by atoms with Crippen molar-refractivity contribution in [1.29, 1.82) is 0 Å². The van der Waals surface area contributed by atoms with Crippen LogP contribution < -0.4 is 5.32 Å². The van der Waals surface area contributed by atoms with Crippen molar-refractivity contribution in [2.45, 2.75) is 44.4 Å². The van der Waals surface area contributed by atoms with Gasteiger partial charge >= 0.3 is 0 Å². The minimum absolute atomic E-state index is 0.00932. The Morgan fingerprint density at radius 1 is 1.28 bits per heavy atom. The third-order valence-corrected chi connectivity index (χ3v) is 4.22. The van der Waals surface area contributed by atoms with Gasteiger partial charge in [0, 0.05) is 11.1 Å². The molecular formula is C14H17ClN2O. The van der Waals surface area contributed by atoms with Crippen LogP contribution in [0.1, 0.15) is 37.9 Å². The van der Waals surface area contributed by atoms with Crippen LogP contribution in [0.2, 0.25) is 5.02 Å². The van der Waals surface area contributed by atoms with Gasteiger partial charge < -0.3 is 4.90 Å². The number of benzene rings is 1. The molecule has 0 spiro atoms. The van der Waals surface area contributed by atoms with Gasteiger partial charge in [0.05, 0.1) is 6.04 Å². The first-order valence-electron chi connectivity index (χ1n) is 6.50. The number of carbonyl (C=O) groups is 1. The van der Waals surface area contributed by atoms with Gasteiger partial charge in [0.25, 0.3) is 0 Å². The number of nitrogens with one attached hydrogen (secondary N) is 1. The van der Waals surface area contributed by atoms with Gasteiger partial charge in [-0.25, -0.2) is 0 Å². The third kappa shape index (κ3) is 1.91. The van der Waals surface area contributed by atoms with Gasteiger partial charge in [-0.1, -0.05) is 23.7 Å². The van der Waals surface area contributed by atoms with E-state index in [1.807, 2.05) is 36.1 Å². The van der Waals surface area contributed by atoms with Crippen molar-refractivity contribution in [3.63, 3.8) is 0 Å². The van der Waals surface area contributed by atoms with E-state index in [0.29, 0.717) is 6.04 Å². The summed E-state index contributed by atoms with van der Waals surface area (Å²) in [5.74, 6) is 0.222. The monoisotopic (exact) mass is 264 g/mol. The topological polar surface area (TPSA) is 32.3 Å². The molecule has 1 amide bonds. The molecular weight excluding hydrogens is 248 g/mol. The van der Waals surface area contributed by atoms with E-state index in [9.17, 15) is 4.79 Å². The predicted octanol–water partition coefficient (Wildman–Crippen LogP) is 2.71. The Kier molecular flexibility index (Phi) is 3.04. The number of hydrogen-bond donors (Lipinski definition) is 1. The maximum Gasteiger partial charge on any atom is 0.241 e. The van der Waals surface area contributed by atoms with E-state index in [-0.39, 0.29) is 18.1 Å². The van der Waals surface area contributed by atoms with Crippen LogP contribution >= 0.6 is 11.6 Å². The molecule has 3 rings (SSSR count). The molecule has 0 radical (unpaired) electrons. The van der Waals surface area contributed by atoms with Gasteiger partial charge in [0.15, 0.2) is 0 Å². The Bertz CT molecular complexity index is 455. The Morgan fingerprint density at radius 2 is 1.94 bits per heavy atom. The molecule has 1 aliphatic heterocycles. The van der Waals surface area contributed by atoms with E-state index in [0.717, 1.165) is 23.4 Å². The van der Waals surface area contributed by atoms with Crippen LogP contribution in [0, 0.1) is 0 Å². The fourth-order valence-electron chi connectivity index (χ4n) is 2.70. The quantitative estimate of drug-likeness (QED) is 0.891. The summed E-state index contributed by atoms with van der Waals surface area (Å²) in [5, 5.41) is 4.10. The van der Waals surface area contributed by atoms with Crippen LogP contribution in [-0.2, 0) is 4.79 Å². The molecule has 1 aromatic carbocycles. The maximum atomic E-state index is 12.2. The van der Waals surface area contributed by atoms with Gasteiger partial charge in [-0.05, 0) is 43.9 Å². The highest BCUT2D eigenvalue weighted by Crippen LogP contribution is 2.35. The molecule has 1 aliphatic carbocycles. The smallest absolute Gasteiger partial charge is 0.241 e. The average molecular weight is 265 g/mol. The molecule has 1 heterocycles. The van der Waals surface area contributed by atoms with Crippen molar-refractivity contribution in [3.05, 3.63) is 34.9 Å². The summed E-state index contributed by atoms with van der Waals surface area (Å²) in [6.45, 7) is 1.93. The van der Waals surface area contributed by atoms with Crippen molar-refractivity contribution in [2.75, 3.05) is 0 Å². The van der Waals surface area contributed by atoms with Crippen LogP contribution in [0.3, 0.4) is 0 Å². The lowest BCUT2D eigenvalue weighted by Crippen LogP contribution is -2.43. The van der Waals surface area contributed by atoms with Crippen LogP contribution in [0.5, 0.6) is 0 Å². The maximum absolute atomic E-state index is 12.2. The van der Waals surface area contributed by atoms with Crippen LogP contribution in [0.4, 0.5) is 0 Å². The SMILES string of the molecule is CC1NC(c2ccc(Cl)cc2)N(C2CCC2)C1=O. The highest BCUT2D eigenvalue weighted by atomic mass is 35.5. The number of nitrogens with zero attached hydrogens (tertiary/aromatic N) is 1. The summed E-state index contributed by atoms with van der Waals surface area (Å²) in [6.07, 6.45) is 3.50. The molecule has 2 atom stereocenters. The number of halogens is 1. The molecule has 1 saturated carbocycles. The standard InChI is InChI=1S/C14H17ClN2O/c1-9-14(18)17(12-3-2-4-12)13(16-9)10-5-7-11(15)8-6-10/h5-9,12-13,16H,2-4H2,1H3. The molecule has 0 bridgehead atoms. The Morgan fingerprint density at radius 3 is 2.50 bits per heavy atom. The Balaban J connectivity index is 1.89. The molecule has 96 valence electrons. The fraction of sp³-hybridized carbons (Fsp3) is 0.500. The second-order valence-corrected chi connectivity index (χ2v) is 5.61. The van der Waals surface area contributed by atoms with Crippen molar-refractivity contribution >= 4 is 17.5 Å². The first-order chi connectivity index (χ1) is 8.66. The summed E-state index contributed by atoms with van der Waals surface area (Å²) < 4.78 is 0. The van der Waals surface area contributed by atoms with Gasteiger partial charge in [0.2, 0.25) is 5.91 Å². The Labute approximate surface area is 112 Å². The molecule has 2 aliphatic rings. The van der Waals surface area contributed by atoms with E-state index in [1.54, 1.807) is 0 Å². The second-order valence-electron chi connectivity index (χ2n) is 5.17. The number of hydrogen-bond acceptors (Lipinski definition) is 2. The molecule has 1 N–H and O–H groups in total. The van der Waals surface area contributed by atoms with Gasteiger partial charge in [-0.3, -0.25) is 10.1 Å². The highest BCUT2D eigenvalue weighted by Gasteiger charge is 2.42. The van der Waals surface area contributed by atoms with Gasteiger partial charge in [-0.2, -0.15) is 0 Å². The molecule has 4 heteroatoms. The third-order valence-electron chi connectivity index (χ3n) is 3.96. The number of rotatable bonds is 2. The molecule has 2 unspecified atom stereocenters. The van der Waals surface area contributed by atoms with Crippen LogP contribution in [0.15, 0.2) is 24.3 Å². The van der Waals surface area contributed by atoms with Gasteiger partial charge in [-0.15, -0.1) is 0 Å². The lowest BCUT2D eigenvalue weighted by Gasteiger charge is -2.38. The normalized spacial score (nSPS) is 28.6. The first-order valence-corrected chi connectivity index (χ1v) is 6.88. The fourth-order valence-corrected chi connectivity index (χ4v) is 2.82. The van der Waals surface area contributed by atoms with E-state index in [2.05, 4.69) is 5.32 Å². The van der Waals surface area contributed by atoms with Crippen molar-refractivity contribution < 1.29 is 4.79 Å². The minimum atomic E-state index is -0.0914. The first kappa shape index (κ1) is 12.0. The van der Waals surface area contributed by atoms with E-state index in [4.69, 9.17) is 11.6 Å². The highest BCUT2D eigenvalue weighted by molar-refractivity contribution is 6.30. The summed E-state index contributed by atoms with van der Waals surface area (Å²) in [6, 6.07) is 8.08. The Hall–Kier alpha value is -1.06. The molecule has 3 nitrogen and oxygen atoms in total. The van der Waals surface area contributed by atoms with E-state index >= 15 is 0 Å². The largest absolute Gasteiger partial charge is 0.319 e. The van der Waals surface area contributed by atoms with Gasteiger partial charge in [0.1, 0.15) is 6.17 Å². The molecule has 1 saturated heterocycles. The van der Waals surface area contributed by atoms with Crippen molar-refractivity contribution in [2.24, 2.45) is 0 Å². The average Bonchev–Trinajstić information content (AvgIpc) is 2.57. The molecule has 2 fully saturated rings. The zero-order valence-corrected chi connectivity index (χ0v) is 11.2. The second kappa shape index (κ2) is 4.56. The number of carbonyl (C=O) groups excluding carboxylic acids is 1. The van der Waals surface area contributed by atoms with Crippen LogP contribution in [0.25, 0.3) is 0 Å². The zero-order valence-electron chi connectivity index (χ0n) is 10.4. The zero-order chi connectivity index (χ0) is 12.7. The minimum Gasteiger partial charge on any atom is -0.319 e. The predicted molar refractivity (Wildman–Crippen MR) is 71.3 cm³/mol. The molecule has 1 aromatic rings. The molecule has 0 aromatic heterocycles. The van der Waals surface area contributed by atoms with Crippen molar-refractivity contribution in [3.8, 4) is 0 Å². The number of amides is 1.